The Morgan fingerprint density at radius 3 is 2.30 bits per heavy atom. The van der Waals surface area contributed by atoms with Crippen LogP contribution in [0.4, 0.5) is 0 Å². The second-order valence-electron chi connectivity index (χ2n) is 1.57. The number of carbonyl (C=O) groups excluding carboxylic acids is 2. The van der Waals surface area contributed by atoms with Crippen molar-refractivity contribution >= 4 is 17.9 Å². The van der Waals surface area contributed by atoms with Crippen LogP contribution in [0.5, 0.6) is 0 Å². The van der Waals surface area contributed by atoms with Crippen molar-refractivity contribution in [3.05, 3.63) is 11.6 Å². The van der Waals surface area contributed by atoms with Crippen molar-refractivity contribution in [3.8, 4) is 0 Å². The topological polar surface area (TPSA) is 80.7 Å². The van der Waals surface area contributed by atoms with Gasteiger partial charge in [0, 0.05) is 6.08 Å². The monoisotopic (exact) mass is 142 g/mol. The molecule has 0 atom stereocenters. The zero-order valence-electron chi connectivity index (χ0n) is 4.66. The lowest BCUT2D eigenvalue weighted by Crippen LogP contribution is -2.09. The van der Waals surface area contributed by atoms with Crippen molar-refractivity contribution in [2.75, 3.05) is 0 Å². The first-order chi connectivity index (χ1) is 4.61. The molecule has 0 aliphatic carbocycles. The Kier molecular flexibility index (Phi) is 1.26. The van der Waals surface area contributed by atoms with Gasteiger partial charge in [0.2, 0.25) is 0 Å². The minimum atomic E-state index is -1.45. The van der Waals surface area contributed by atoms with E-state index in [0.29, 0.717) is 6.08 Å². The van der Waals surface area contributed by atoms with E-state index in [0.717, 1.165) is 0 Å². The number of carboxylic acids is 1. The first kappa shape index (κ1) is 6.47. The fraction of sp³-hybridized carbons (Fsp3) is 0. The van der Waals surface area contributed by atoms with Crippen LogP contribution in [0.2, 0.25) is 0 Å². The van der Waals surface area contributed by atoms with Gasteiger partial charge in [0.15, 0.2) is 5.57 Å². The standard InChI is InChI=1S/C5H2O5/c6-3-1-2(4(7)8)5(9)10-3/h1H,(H,7,8). The highest BCUT2D eigenvalue weighted by Gasteiger charge is 2.28. The summed E-state index contributed by atoms with van der Waals surface area (Å²) < 4.78 is 3.88. The average molecular weight is 142 g/mol. The summed E-state index contributed by atoms with van der Waals surface area (Å²) in [5.74, 6) is -3.48. The Hall–Kier alpha value is -1.65. The Morgan fingerprint density at radius 1 is 1.50 bits per heavy atom. The smallest absolute Gasteiger partial charge is 0.353 e. The SMILES string of the molecule is O=C1C=C(C(=O)O)C(=O)O1. The summed E-state index contributed by atoms with van der Waals surface area (Å²) in [5.41, 5.74) is -0.620. The molecule has 10 heavy (non-hydrogen) atoms. The third-order valence-corrected chi connectivity index (χ3v) is 0.906. The van der Waals surface area contributed by atoms with Crippen molar-refractivity contribution < 1.29 is 24.2 Å². The summed E-state index contributed by atoms with van der Waals surface area (Å²) in [5, 5.41) is 8.18. The molecule has 0 fully saturated rings. The second-order valence-corrected chi connectivity index (χ2v) is 1.57. The fourth-order valence-electron chi connectivity index (χ4n) is 0.502. The van der Waals surface area contributed by atoms with E-state index in [1.807, 2.05) is 0 Å². The lowest BCUT2D eigenvalue weighted by atomic mass is 10.3. The molecule has 0 saturated heterocycles. The van der Waals surface area contributed by atoms with Crippen LogP contribution in [-0.4, -0.2) is 23.0 Å². The summed E-state index contributed by atoms with van der Waals surface area (Å²) in [7, 11) is 0. The molecule has 1 aliphatic heterocycles. The fourth-order valence-corrected chi connectivity index (χ4v) is 0.502. The van der Waals surface area contributed by atoms with E-state index >= 15 is 0 Å². The van der Waals surface area contributed by atoms with Gasteiger partial charge in [-0.25, -0.2) is 14.4 Å². The maximum absolute atomic E-state index is 10.3. The van der Waals surface area contributed by atoms with Gasteiger partial charge in [-0.1, -0.05) is 0 Å². The third kappa shape index (κ3) is 0.883. The molecule has 1 N–H and O–H groups in total. The Bertz CT molecular complexity index is 249. The van der Waals surface area contributed by atoms with Crippen molar-refractivity contribution in [1.29, 1.82) is 0 Å². The molecule has 0 saturated carbocycles. The molecular formula is C5H2O5. The van der Waals surface area contributed by atoms with E-state index < -0.39 is 23.5 Å². The Balaban J connectivity index is 2.96. The van der Waals surface area contributed by atoms with Gasteiger partial charge in [-0.05, 0) is 0 Å². The first-order valence-electron chi connectivity index (χ1n) is 2.32. The van der Waals surface area contributed by atoms with E-state index in [4.69, 9.17) is 5.11 Å². The summed E-state index contributed by atoms with van der Waals surface area (Å²) >= 11 is 0. The van der Waals surface area contributed by atoms with Crippen molar-refractivity contribution in [3.63, 3.8) is 0 Å². The van der Waals surface area contributed by atoms with E-state index in [1.54, 1.807) is 0 Å². The van der Waals surface area contributed by atoms with E-state index in [-0.39, 0.29) is 0 Å². The molecule has 0 spiro atoms. The van der Waals surface area contributed by atoms with Crippen molar-refractivity contribution in [2.24, 2.45) is 0 Å². The van der Waals surface area contributed by atoms with E-state index in [9.17, 15) is 14.4 Å². The number of rotatable bonds is 1. The molecule has 1 rings (SSSR count). The van der Waals surface area contributed by atoms with Gasteiger partial charge in [-0.15, -0.1) is 0 Å². The summed E-state index contributed by atoms with van der Waals surface area (Å²) in [6, 6.07) is 0. The molecule has 52 valence electrons. The van der Waals surface area contributed by atoms with Crippen LogP contribution in [0.3, 0.4) is 0 Å². The molecule has 1 heterocycles. The zero-order chi connectivity index (χ0) is 7.72. The first-order valence-corrected chi connectivity index (χ1v) is 2.32. The highest BCUT2D eigenvalue weighted by Crippen LogP contribution is 2.06. The van der Waals surface area contributed by atoms with Crippen LogP contribution >= 0.6 is 0 Å². The summed E-state index contributed by atoms with van der Waals surface area (Å²) in [4.78, 5) is 30.6. The number of carbonyl (C=O) groups is 3. The lowest BCUT2D eigenvalue weighted by molar-refractivity contribution is -0.151. The number of hydrogen-bond donors (Lipinski definition) is 1. The van der Waals surface area contributed by atoms with Gasteiger partial charge in [-0.3, -0.25) is 0 Å². The van der Waals surface area contributed by atoms with Crippen LogP contribution in [0.1, 0.15) is 0 Å². The number of esters is 2. The van der Waals surface area contributed by atoms with Gasteiger partial charge in [-0.2, -0.15) is 0 Å². The molecular weight excluding hydrogens is 140 g/mol. The Labute approximate surface area is 54.9 Å². The average Bonchev–Trinajstić information content (AvgIpc) is 2.10. The Morgan fingerprint density at radius 2 is 2.10 bits per heavy atom. The quantitative estimate of drug-likeness (QED) is 0.291. The zero-order valence-corrected chi connectivity index (χ0v) is 4.66. The van der Waals surface area contributed by atoms with E-state index in [2.05, 4.69) is 4.74 Å². The van der Waals surface area contributed by atoms with Crippen LogP contribution in [0.15, 0.2) is 11.6 Å². The summed E-state index contributed by atoms with van der Waals surface area (Å²) in [6.07, 6.45) is 0.644. The van der Waals surface area contributed by atoms with Crippen LogP contribution < -0.4 is 0 Å². The molecule has 0 aromatic carbocycles. The molecule has 5 nitrogen and oxygen atoms in total. The van der Waals surface area contributed by atoms with Gasteiger partial charge < -0.3 is 9.84 Å². The van der Waals surface area contributed by atoms with Crippen molar-refractivity contribution in [2.45, 2.75) is 0 Å². The molecule has 0 aromatic heterocycles. The number of hydrogen-bond acceptors (Lipinski definition) is 4. The minimum Gasteiger partial charge on any atom is -0.477 e. The molecule has 0 amide bonds. The van der Waals surface area contributed by atoms with Crippen molar-refractivity contribution in [1.82, 2.24) is 0 Å². The maximum atomic E-state index is 10.3. The summed E-state index contributed by atoms with van der Waals surface area (Å²) in [6.45, 7) is 0. The van der Waals surface area contributed by atoms with Crippen LogP contribution in [0, 0.1) is 0 Å². The predicted octanol–water partition coefficient (Wildman–Crippen LogP) is -0.919. The normalized spacial score (nSPS) is 16.6. The predicted molar refractivity (Wildman–Crippen MR) is 26.8 cm³/mol. The van der Waals surface area contributed by atoms with Crippen LogP contribution in [0.25, 0.3) is 0 Å². The van der Waals surface area contributed by atoms with E-state index in [1.165, 1.54) is 0 Å². The minimum absolute atomic E-state index is 0.620. The van der Waals surface area contributed by atoms with Gasteiger partial charge in [0.1, 0.15) is 0 Å². The highest BCUT2D eigenvalue weighted by atomic mass is 16.6. The molecule has 0 unspecified atom stereocenters. The molecule has 0 bridgehead atoms. The second kappa shape index (κ2) is 1.94. The number of cyclic esters (lactones) is 2. The largest absolute Gasteiger partial charge is 0.477 e. The van der Waals surface area contributed by atoms with Gasteiger partial charge in [0.05, 0.1) is 0 Å². The molecule has 5 heteroatoms. The number of ether oxygens (including phenoxy) is 1. The highest BCUT2D eigenvalue weighted by molar-refractivity contribution is 6.23. The number of aliphatic carboxylic acids is 1. The van der Waals surface area contributed by atoms with Gasteiger partial charge >= 0.3 is 17.9 Å². The maximum Gasteiger partial charge on any atom is 0.353 e. The molecule has 0 radical (unpaired) electrons. The molecule has 1 aliphatic rings. The number of carboxylic acid groups (broad SMARTS) is 1. The third-order valence-electron chi connectivity index (χ3n) is 0.906. The van der Waals surface area contributed by atoms with Crippen LogP contribution in [-0.2, 0) is 19.1 Å². The van der Waals surface area contributed by atoms with Gasteiger partial charge in [0.25, 0.3) is 0 Å². The lowest BCUT2D eigenvalue weighted by Gasteiger charge is -1.86. The molecule has 0 aromatic rings.